The molecule has 2 aromatic rings. The molecular formula is C31H45N3. The van der Waals surface area contributed by atoms with Crippen LogP contribution in [0, 0.1) is 5.41 Å². The van der Waals surface area contributed by atoms with E-state index in [9.17, 15) is 0 Å². The quantitative estimate of drug-likeness (QED) is 0.564. The number of nitrogens with one attached hydrogen (secondary N) is 1. The van der Waals surface area contributed by atoms with E-state index in [1.807, 2.05) is 0 Å². The van der Waals surface area contributed by atoms with Crippen LogP contribution in [0.15, 0.2) is 48.5 Å². The third kappa shape index (κ3) is 5.12. The van der Waals surface area contributed by atoms with Crippen molar-refractivity contribution >= 4 is 0 Å². The Morgan fingerprint density at radius 1 is 0.941 bits per heavy atom. The van der Waals surface area contributed by atoms with Crippen molar-refractivity contribution in [2.45, 2.75) is 77.3 Å². The Balaban J connectivity index is 1.30. The largest absolute Gasteiger partial charge is 0.317 e. The van der Waals surface area contributed by atoms with Crippen molar-refractivity contribution in [3.63, 3.8) is 0 Å². The zero-order chi connectivity index (χ0) is 23.5. The molecule has 0 aromatic heterocycles. The van der Waals surface area contributed by atoms with Crippen molar-refractivity contribution in [3.8, 4) is 0 Å². The maximum atomic E-state index is 3.58. The first-order chi connectivity index (χ1) is 16.6. The molecule has 2 heterocycles. The zero-order valence-electron chi connectivity index (χ0n) is 21.7. The second-order valence-electron chi connectivity index (χ2n) is 11.6. The summed E-state index contributed by atoms with van der Waals surface area (Å²) in [6.45, 7) is 14.1. The third-order valence-corrected chi connectivity index (χ3v) is 9.10. The Hall–Kier alpha value is -1.68. The molecule has 2 aliphatic heterocycles. The van der Waals surface area contributed by atoms with Crippen LogP contribution < -0.4 is 5.32 Å². The van der Waals surface area contributed by atoms with Crippen LogP contribution >= 0.6 is 0 Å². The molecule has 0 radical (unpaired) electrons. The average Bonchev–Trinajstić information content (AvgIpc) is 2.86. The molecule has 2 aromatic carbocycles. The molecule has 0 amide bonds. The minimum atomic E-state index is 0.527. The molecule has 1 spiro atoms. The molecule has 1 unspecified atom stereocenters. The van der Waals surface area contributed by atoms with E-state index in [1.165, 1.54) is 76.1 Å². The molecular weight excluding hydrogens is 414 g/mol. The number of aryl methyl sites for hydroxylation is 1. The molecule has 2 saturated heterocycles. The highest BCUT2D eigenvalue weighted by Gasteiger charge is 2.49. The van der Waals surface area contributed by atoms with Gasteiger partial charge in [0.1, 0.15) is 0 Å². The van der Waals surface area contributed by atoms with Gasteiger partial charge in [-0.2, -0.15) is 0 Å². The minimum Gasteiger partial charge on any atom is -0.317 e. The number of rotatable bonds is 7. The van der Waals surface area contributed by atoms with E-state index >= 15 is 0 Å². The summed E-state index contributed by atoms with van der Waals surface area (Å²) in [5.41, 5.74) is 6.69. The summed E-state index contributed by atoms with van der Waals surface area (Å²) in [4.78, 5) is 5.66. The number of benzene rings is 2. The fourth-order valence-corrected chi connectivity index (χ4v) is 6.88. The molecule has 3 aliphatic rings. The van der Waals surface area contributed by atoms with Gasteiger partial charge in [-0.15, -0.1) is 0 Å². The van der Waals surface area contributed by atoms with Gasteiger partial charge in [-0.05, 0) is 85.2 Å². The lowest BCUT2D eigenvalue weighted by Crippen LogP contribution is -2.59. The van der Waals surface area contributed by atoms with E-state index in [1.54, 1.807) is 11.1 Å². The molecule has 1 aliphatic carbocycles. The average molecular weight is 460 g/mol. The van der Waals surface area contributed by atoms with E-state index < -0.39 is 0 Å². The van der Waals surface area contributed by atoms with Crippen LogP contribution in [0.1, 0.15) is 80.7 Å². The summed E-state index contributed by atoms with van der Waals surface area (Å²) in [5, 5.41) is 3.58. The van der Waals surface area contributed by atoms with Crippen LogP contribution in [-0.4, -0.2) is 55.1 Å². The Kier molecular flexibility index (Phi) is 7.44. The molecule has 5 rings (SSSR count). The van der Waals surface area contributed by atoms with E-state index in [0.29, 0.717) is 17.4 Å². The number of hydrogen-bond donors (Lipinski definition) is 1. The zero-order valence-corrected chi connectivity index (χ0v) is 21.7. The first-order valence-corrected chi connectivity index (χ1v) is 13.9. The molecule has 184 valence electrons. The molecule has 0 bridgehead atoms. The monoisotopic (exact) mass is 459 g/mol. The van der Waals surface area contributed by atoms with Crippen LogP contribution in [0.5, 0.6) is 0 Å². The smallest absolute Gasteiger partial charge is 0.0481 e. The normalized spacial score (nSPS) is 23.9. The third-order valence-electron chi connectivity index (χ3n) is 9.10. The Bertz CT molecular complexity index is 920. The maximum Gasteiger partial charge on any atom is 0.0481 e. The van der Waals surface area contributed by atoms with Crippen LogP contribution in [0.4, 0.5) is 0 Å². The SMILES string of the molecule is CCc1ccc(CCN2CCN(C3CC4(CCNCC4)C3)C(c3ccccc3C(C)C)C2)cc1. The van der Waals surface area contributed by atoms with Gasteiger partial charge in [0.2, 0.25) is 0 Å². The number of piperazine rings is 1. The van der Waals surface area contributed by atoms with Crippen LogP contribution in [0.2, 0.25) is 0 Å². The molecule has 3 fully saturated rings. The summed E-state index contributed by atoms with van der Waals surface area (Å²) >= 11 is 0. The topological polar surface area (TPSA) is 18.5 Å². The van der Waals surface area contributed by atoms with Gasteiger partial charge in [0.05, 0.1) is 0 Å². The summed E-state index contributed by atoms with van der Waals surface area (Å²) in [7, 11) is 0. The number of nitrogens with zero attached hydrogens (tertiary/aromatic N) is 2. The van der Waals surface area contributed by atoms with E-state index in [2.05, 4.69) is 84.4 Å². The van der Waals surface area contributed by atoms with E-state index in [0.717, 1.165) is 18.9 Å². The molecule has 1 atom stereocenters. The highest BCUT2D eigenvalue weighted by Crippen LogP contribution is 2.52. The summed E-state index contributed by atoms with van der Waals surface area (Å²) in [5.74, 6) is 0.572. The fraction of sp³-hybridized carbons (Fsp3) is 0.613. The highest BCUT2D eigenvalue weighted by molar-refractivity contribution is 5.33. The van der Waals surface area contributed by atoms with Gasteiger partial charge in [0.25, 0.3) is 0 Å². The number of piperidine rings is 1. The second kappa shape index (κ2) is 10.5. The first-order valence-electron chi connectivity index (χ1n) is 13.9. The Morgan fingerprint density at radius 2 is 1.65 bits per heavy atom. The summed E-state index contributed by atoms with van der Waals surface area (Å²) in [6, 6.07) is 19.9. The van der Waals surface area contributed by atoms with Crippen LogP contribution in [0.3, 0.4) is 0 Å². The predicted octanol–water partition coefficient (Wildman–Crippen LogP) is 5.81. The first kappa shape index (κ1) is 24.0. The predicted molar refractivity (Wildman–Crippen MR) is 144 cm³/mol. The van der Waals surface area contributed by atoms with Crippen LogP contribution in [0.25, 0.3) is 0 Å². The van der Waals surface area contributed by atoms with Crippen molar-refractivity contribution in [2.24, 2.45) is 5.41 Å². The van der Waals surface area contributed by atoms with E-state index in [-0.39, 0.29) is 0 Å². The highest BCUT2D eigenvalue weighted by atomic mass is 15.3. The van der Waals surface area contributed by atoms with Gasteiger partial charge < -0.3 is 5.32 Å². The van der Waals surface area contributed by atoms with Crippen molar-refractivity contribution < 1.29 is 0 Å². The van der Waals surface area contributed by atoms with Gasteiger partial charge in [0.15, 0.2) is 0 Å². The summed E-state index contributed by atoms with van der Waals surface area (Å²) in [6.07, 6.45) is 7.87. The molecule has 1 saturated carbocycles. The second-order valence-corrected chi connectivity index (χ2v) is 11.6. The van der Waals surface area contributed by atoms with Gasteiger partial charge in [0, 0.05) is 38.3 Å². The van der Waals surface area contributed by atoms with Crippen molar-refractivity contribution in [2.75, 3.05) is 39.3 Å². The Morgan fingerprint density at radius 3 is 2.35 bits per heavy atom. The molecule has 1 N–H and O–H groups in total. The van der Waals surface area contributed by atoms with Crippen molar-refractivity contribution in [1.29, 1.82) is 0 Å². The lowest BCUT2D eigenvalue weighted by atomic mass is 9.60. The fourth-order valence-electron chi connectivity index (χ4n) is 6.88. The van der Waals surface area contributed by atoms with Gasteiger partial charge in [-0.25, -0.2) is 0 Å². The van der Waals surface area contributed by atoms with Crippen LogP contribution in [-0.2, 0) is 12.8 Å². The standard InChI is InChI=1S/C31H45N3/c1-4-25-9-11-26(12-10-25)13-18-33-19-20-34(27-21-31(22-27)14-16-32-17-15-31)30(23-33)29-8-6-5-7-28(29)24(2)3/h5-12,24,27,30,32H,4,13-23H2,1-3H3. The van der Waals surface area contributed by atoms with Gasteiger partial charge in [-0.1, -0.05) is 69.3 Å². The lowest BCUT2D eigenvalue weighted by Gasteiger charge is -2.57. The van der Waals surface area contributed by atoms with Crippen molar-refractivity contribution in [3.05, 3.63) is 70.8 Å². The number of hydrogen-bond acceptors (Lipinski definition) is 3. The summed E-state index contributed by atoms with van der Waals surface area (Å²) < 4.78 is 0. The molecule has 3 heteroatoms. The van der Waals surface area contributed by atoms with Gasteiger partial charge >= 0.3 is 0 Å². The molecule has 34 heavy (non-hydrogen) atoms. The van der Waals surface area contributed by atoms with Gasteiger partial charge in [-0.3, -0.25) is 9.80 Å². The Labute approximate surface area is 207 Å². The maximum absolute atomic E-state index is 3.58. The molecule has 3 nitrogen and oxygen atoms in total. The lowest BCUT2D eigenvalue weighted by molar-refractivity contribution is -0.0637. The minimum absolute atomic E-state index is 0.527. The van der Waals surface area contributed by atoms with Crippen molar-refractivity contribution in [1.82, 2.24) is 15.1 Å². The van der Waals surface area contributed by atoms with E-state index in [4.69, 9.17) is 0 Å².